The van der Waals surface area contributed by atoms with E-state index >= 15 is 0 Å². The molecule has 0 saturated carbocycles. The largest absolute Gasteiger partial charge is 0.497 e. The second kappa shape index (κ2) is 9.36. The SMILES string of the molecule is CCOC(=O)c1ccc(Nc2cc(NCc3ccc(OC)cc3)ncn2)cc1. The van der Waals surface area contributed by atoms with Crippen LogP contribution in [0.5, 0.6) is 5.75 Å². The van der Waals surface area contributed by atoms with E-state index in [2.05, 4.69) is 20.6 Å². The van der Waals surface area contributed by atoms with E-state index in [1.54, 1.807) is 38.3 Å². The molecule has 0 saturated heterocycles. The number of rotatable bonds is 8. The Balaban J connectivity index is 1.60. The topological polar surface area (TPSA) is 85.4 Å². The Morgan fingerprint density at radius 2 is 1.71 bits per heavy atom. The molecule has 0 bridgehead atoms. The van der Waals surface area contributed by atoms with Crippen molar-refractivity contribution in [2.24, 2.45) is 0 Å². The molecule has 7 nitrogen and oxygen atoms in total. The molecule has 0 spiro atoms. The van der Waals surface area contributed by atoms with Crippen molar-refractivity contribution in [3.05, 3.63) is 72.1 Å². The summed E-state index contributed by atoms with van der Waals surface area (Å²) < 4.78 is 10.1. The van der Waals surface area contributed by atoms with Crippen molar-refractivity contribution in [2.45, 2.75) is 13.5 Å². The van der Waals surface area contributed by atoms with Gasteiger partial charge >= 0.3 is 5.97 Å². The molecule has 0 aliphatic heterocycles. The van der Waals surface area contributed by atoms with Crippen LogP contribution >= 0.6 is 0 Å². The second-order valence-corrected chi connectivity index (χ2v) is 5.91. The van der Waals surface area contributed by atoms with Crippen LogP contribution in [-0.4, -0.2) is 29.7 Å². The summed E-state index contributed by atoms with van der Waals surface area (Å²) in [6.07, 6.45) is 1.49. The van der Waals surface area contributed by atoms with Crippen LogP contribution in [0.15, 0.2) is 60.9 Å². The molecule has 0 unspecified atom stereocenters. The van der Waals surface area contributed by atoms with E-state index in [1.165, 1.54) is 6.33 Å². The van der Waals surface area contributed by atoms with Crippen LogP contribution in [0.3, 0.4) is 0 Å². The molecule has 2 N–H and O–H groups in total. The van der Waals surface area contributed by atoms with E-state index in [1.807, 2.05) is 30.3 Å². The average Bonchev–Trinajstić information content (AvgIpc) is 2.73. The molecule has 1 aromatic heterocycles. The predicted molar refractivity (Wildman–Crippen MR) is 108 cm³/mol. The van der Waals surface area contributed by atoms with E-state index in [0.29, 0.717) is 30.4 Å². The molecule has 0 amide bonds. The number of esters is 1. The first-order valence-corrected chi connectivity index (χ1v) is 8.91. The van der Waals surface area contributed by atoms with Gasteiger partial charge < -0.3 is 20.1 Å². The van der Waals surface area contributed by atoms with Crippen LogP contribution in [0.4, 0.5) is 17.3 Å². The molecule has 28 heavy (non-hydrogen) atoms. The normalized spacial score (nSPS) is 10.2. The lowest BCUT2D eigenvalue weighted by Gasteiger charge is -2.10. The second-order valence-electron chi connectivity index (χ2n) is 5.91. The van der Waals surface area contributed by atoms with Crippen LogP contribution in [-0.2, 0) is 11.3 Å². The van der Waals surface area contributed by atoms with Gasteiger partial charge in [0.25, 0.3) is 0 Å². The number of hydrogen-bond acceptors (Lipinski definition) is 7. The lowest BCUT2D eigenvalue weighted by molar-refractivity contribution is 0.0526. The third-order valence-electron chi connectivity index (χ3n) is 3.97. The molecule has 1 heterocycles. The highest BCUT2D eigenvalue weighted by molar-refractivity contribution is 5.89. The highest BCUT2D eigenvalue weighted by Gasteiger charge is 2.06. The van der Waals surface area contributed by atoms with Gasteiger partial charge in [-0.05, 0) is 48.9 Å². The minimum Gasteiger partial charge on any atom is -0.497 e. The molecule has 3 aromatic rings. The monoisotopic (exact) mass is 378 g/mol. The number of nitrogens with one attached hydrogen (secondary N) is 2. The minimum atomic E-state index is -0.332. The number of anilines is 3. The molecule has 0 atom stereocenters. The molecule has 144 valence electrons. The first kappa shape index (κ1) is 19.2. The Kier molecular flexibility index (Phi) is 6.41. The van der Waals surface area contributed by atoms with Crippen molar-refractivity contribution in [1.82, 2.24) is 9.97 Å². The Bertz CT molecular complexity index is 912. The number of benzene rings is 2. The summed E-state index contributed by atoms with van der Waals surface area (Å²) >= 11 is 0. The maximum atomic E-state index is 11.7. The van der Waals surface area contributed by atoms with E-state index in [9.17, 15) is 4.79 Å². The van der Waals surface area contributed by atoms with E-state index in [0.717, 1.165) is 17.0 Å². The molecule has 3 rings (SSSR count). The number of carbonyl (C=O) groups is 1. The van der Waals surface area contributed by atoms with Crippen molar-refractivity contribution < 1.29 is 14.3 Å². The molecule has 7 heteroatoms. The first-order valence-electron chi connectivity index (χ1n) is 8.91. The summed E-state index contributed by atoms with van der Waals surface area (Å²) in [6, 6.07) is 16.7. The van der Waals surface area contributed by atoms with Gasteiger partial charge in [0.15, 0.2) is 0 Å². The molecule has 0 fully saturated rings. The van der Waals surface area contributed by atoms with Crippen LogP contribution in [0.1, 0.15) is 22.8 Å². The highest BCUT2D eigenvalue weighted by Crippen LogP contribution is 2.18. The van der Waals surface area contributed by atoms with Gasteiger partial charge in [0.05, 0.1) is 19.3 Å². The van der Waals surface area contributed by atoms with Gasteiger partial charge in [0, 0.05) is 18.3 Å². The molecule has 0 aliphatic carbocycles. The molecule has 0 radical (unpaired) electrons. The van der Waals surface area contributed by atoms with Crippen molar-refractivity contribution >= 4 is 23.3 Å². The highest BCUT2D eigenvalue weighted by atomic mass is 16.5. The average molecular weight is 378 g/mol. The Labute approximate surface area is 163 Å². The summed E-state index contributed by atoms with van der Waals surface area (Å²) in [7, 11) is 1.65. The summed E-state index contributed by atoms with van der Waals surface area (Å²) in [5, 5.41) is 6.47. The van der Waals surface area contributed by atoms with E-state index in [-0.39, 0.29) is 5.97 Å². The Hall–Kier alpha value is -3.61. The summed E-state index contributed by atoms with van der Waals surface area (Å²) in [5.41, 5.74) is 2.44. The fourth-order valence-electron chi connectivity index (χ4n) is 2.51. The fourth-order valence-corrected chi connectivity index (χ4v) is 2.51. The van der Waals surface area contributed by atoms with Crippen molar-refractivity contribution in [3.63, 3.8) is 0 Å². The van der Waals surface area contributed by atoms with E-state index in [4.69, 9.17) is 9.47 Å². The van der Waals surface area contributed by atoms with Crippen LogP contribution in [0, 0.1) is 0 Å². The first-order chi connectivity index (χ1) is 13.7. The smallest absolute Gasteiger partial charge is 0.338 e. The molecular formula is C21H22N4O3. The Morgan fingerprint density at radius 3 is 2.39 bits per heavy atom. The lowest BCUT2D eigenvalue weighted by atomic mass is 10.2. The number of nitrogens with zero attached hydrogens (tertiary/aromatic N) is 2. The summed E-state index contributed by atoms with van der Waals surface area (Å²) in [4.78, 5) is 20.2. The maximum Gasteiger partial charge on any atom is 0.338 e. The predicted octanol–water partition coefficient (Wildman–Crippen LogP) is 4.02. The van der Waals surface area contributed by atoms with Crippen molar-refractivity contribution in [2.75, 3.05) is 24.4 Å². The van der Waals surface area contributed by atoms with Crippen molar-refractivity contribution in [1.29, 1.82) is 0 Å². The van der Waals surface area contributed by atoms with Gasteiger partial charge in [-0.25, -0.2) is 14.8 Å². The van der Waals surface area contributed by atoms with Gasteiger partial charge in [0.1, 0.15) is 23.7 Å². The number of carbonyl (C=O) groups excluding carboxylic acids is 1. The zero-order chi connectivity index (χ0) is 19.8. The van der Waals surface area contributed by atoms with E-state index < -0.39 is 0 Å². The van der Waals surface area contributed by atoms with Crippen LogP contribution in [0.25, 0.3) is 0 Å². The maximum absolute atomic E-state index is 11.7. The summed E-state index contributed by atoms with van der Waals surface area (Å²) in [6.45, 7) is 2.77. The van der Waals surface area contributed by atoms with Gasteiger partial charge in [0.2, 0.25) is 0 Å². The third-order valence-corrected chi connectivity index (χ3v) is 3.97. The summed E-state index contributed by atoms with van der Waals surface area (Å²) in [5.74, 6) is 1.85. The van der Waals surface area contributed by atoms with Crippen molar-refractivity contribution in [3.8, 4) is 5.75 Å². The minimum absolute atomic E-state index is 0.332. The zero-order valence-electron chi connectivity index (χ0n) is 15.8. The fraction of sp³-hybridized carbons (Fsp3) is 0.190. The van der Waals surface area contributed by atoms with Crippen LogP contribution < -0.4 is 15.4 Å². The third kappa shape index (κ3) is 5.20. The lowest BCUT2D eigenvalue weighted by Crippen LogP contribution is -2.05. The van der Waals surface area contributed by atoms with Gasteiger partial charge in [-0.3, -0.25) is 0 Å². The molecule has 0 aliphatic rings. The van der Waals surface area contributed by atoms with Gasteiger partial charge in [-0.1, -0.05) is 12.1 Å². The zero-order valence-corrected chi connectivity index (χ0v) is 15.8. The molecular weight excluding hydrogens is 356 g/mol. The molecule has 2 aromatic carbocycles. The number of ether oxygens (including phenoxy) is 2. The number of methoxy groups -OCH3 is 1. The quantitative estimate of drug-likeness (QED) is 0.573. The number of aromatic nitrogens is 2. The standard InChI is InChI=1S/C21H22N4O3/c1-3-28-21(26)16-6-8-17(9-7-16)25-20-12-19(23-14-24-20)22-13-15-4-10-18(27-2)11-5-15/h4-12,14H,3,13H2,1-2H3,(H2,22,23,24,25). The van der Waals surface area contributed by atoms with Gasteiger partial charge in [-0.2, -0.15) is 0 Å². The number of hydrogen-bond donors (Lipinski definition) is 2. The van der Waals surface area contributed by atoms with Crippen LogP contribution in [0.2, 0.25) is 0 Å². The Morgan fingerprint density at radius 1 is 1.00 bits per heavy atom. The van der Waals surface area contributed by atoms with Gasteiger partial charge in [-0.15, -0.1) is 0 Å².